The third-order valence-electron chi connectivity index (χ3n) is 2.63. The molecule has 0 saturated carbocycles. The van der Waals surface area contributed by atoms with Crippen molar-refractivity contribution >= 4 is 50.6 Å². The lowest BCUT2D eigenvalue weighted by atomic mass is 10.2. The van der Waals surface area contributed by atoms with Crippen LogP contribution < -0.4 is 10.5 Å². The Balaban J connectivity index is 2.93. The van der Waals surface area contributed by atoms with Crippen molar-refractivity contribution < 1.29 is 8.42 Å². The molecule has 0 aliphatic carbocycles. The topological polar surface area (TPSA) is 72.2 Å². The van der Waals surface area contributed by atoms with Crippen molar-refractivity contribution in [3.8, 4) is 0 Å². The van der Waals surface area contributed by atoms with Crippen LogP contribution in [0, 0.1) is 0 Å². The van der Waals surface area contributed by atoms with E-state index in [1.54, 1.807) is 11.8 Å². The average Bonchev–Trinajstić information content (AvgIpc) is 2.35. The molecule has 0 heterocycles. The summed E-state index contributed by atoms with van der Waals surface area (Å²) in [5.74, 6) is 0.894. The van der Waals surface area contributed by atoms with E-state index in [2.05, 4.69) is 4.72 Å². The van der Waals surface area contributed by atoms with Crippen LogP contribution in [-0.4, -0.2) is 31.5 Å². The van der Waals surface area contributed by atoms with Gasteiger partial charge in [-0.2, -0.15) is 11.8 Å². The van der Waals surface area contributed by atoms with Gasteiger partial charge in [0.1, 0.15) is 4.99 Å². The van der Waals surface area contributed by atoms with E-state index < -0.39 is 10.0 Å². The number of thiocarbonyl (C=S) groups is 1. The first kappa shape index (κ1) is 17.7. The number of hydrogen-bond donors (Lipinski definition) is 2. The molecular formula is C12H17ClN2O2S3. The highest BCUT2D eigenvalue weighted by Crippen LogP contribution is 2.21. The molecule has 112 valence electrons. The Morgan fingerprint density at radius 3 is 2.70 bits per heavy atom. The molecule has 0 aliphatic heterocycles. The number of nitrogens with one attached hydrogen (secondary N) is 1. The fraction of sp³-hybridized carbons (Fsp3) is 0.417. The molecule has 8 heteroatoms. The standard InChI is InChI=1S/C12H17ClN2O2S3/c1-8(5-6-19-2)15-20(16,17)9-3-4-10(12(14)18)11(13)7-9/h3-4,7-8,15H,5-6H2,1-2H3,(H2,14,18). The predicted molar refractivity (Wildman–Crippen MR) is 90.1 cm³/mol. The summed E-state index contributed by atoms with van der Waals surface area (Å²) in [5.41, 5.74) is 5.96. The molecular weight excluding hydrogens is 336 g/mol. The largest absolute Gasteiger partial charge is 0.389 e. The third-order valence-corrected chi connectivity index (χ3v) is 5.39. The minimum Gasteiger partial charge on any atom is -0.389 e. The van der Waals surface area contributed by atoms with Gasteiger partial charge in [0, 0.05) is 11.6 Å². The Kier molecular flexibility index (Phi) is 6.74. The zero-order valence-electron chi connectivity index (χ0n) is 11.2. The van der Waals surface area contributed by atoms with Crippen LogP contribution in [0.25, 0.3) is 0 Å². The van der Waals surface area contributed by atoms with Gasteiger partial charge in [0.25, 0.3) is 0 Å². The molecule has 0 radical (unpaired) electrons. The Labute approximate surface area is 134 Å². The molecule has 0 fully saturated rings. The van der Waals surface area contributed by atoms with E-state index in [4.69, 9.17) is 29.6 Å². The van der Waals surface area contributed by atoms with Gasteiger partial charge in [0.05, 0.1) is 9.92 Å². The van der Waals surface area contributed by atoms with E-state index in [9.17, 15) is 8.42 Å². The molecule has 1 rings (SSSR count). The van der Waals surface area contributed by atoms with E-state index in [1.165, 1.54) is 18.2 Å². The number of sulfonamides is 1. The summed E-state index contributed by atoms with van der Waals surface area (Å²) in [6.45, 7) is 1.83. The van der Waals surface area contributed by atoms with Gasteiger partial charge in [-0.05, 0) is 43.6 Å². The monoisotopic (exact) mass is 352 g/mol. The van der Waals surface area contributed by atoms with Gasteiger partial charge < -0.3 is 5.73 Å². The first-order valence-corrected chi connectivity index (χ1v) is 9.55. The van der Waals surface area contributed by atoms with Crippen LogP contribution in [-0.2, 0) is 10.0 Å². The quantitative estimate of drug-likeness (QED) is 0.737. The van der Waals surface area contributed by atoms with Gasteiger partial charge in [-0.1, -0.05) is 23.8 Å². The Morgan fingerprint density at radius 2 is 2.20 bits per heavy atom. The molecule has 0 bridgehead atoms. The maximum Gasteiger partial charge on any atom is 0.240 e. The number of hydrogen-bond acceptors (Lipinski definition) is 4. The summed E-state index contributed by atoms with van der Waals surface area (Å²) in [4.78, 5) is 0.249. The molecule has 1 aromatic rings. The van der Waals surface area contributed by atoms with Crippen LogP contribution >= 0.6 is 35.6 Å². The number of benzene rings is 1. The molecule has 0 saturated heterocycles. The normalized spacial score (nSPS) is 13.2. The molecule has 0 amide bonds. The lowest BCUT2D eigenvalue weighted by Crippen LogP contribution is -2.33. The second-order valence-electron chi connectivity index (χ2n) is 4.31. The second kappa shape index (κ2) is 7.61. The Bertz CT molecular complexity index is 590. The third kappa shape index (κ3) is 4.89. The molecule has 20 heavy (non-hydrogen) atoms. The number of halogens is 1. The molecule has 1 unspecified atom stereocenters. The maximum atomic E-state index is 12.2. The number of thioether (sulfide) groups is 1. The highest BCUT2D eigenvalue weighted by atomic mass is 35.5. The summed E-state index contributed by atoms with van der Waals surface area (Å²) in [6.07, 6.45) is 2.74. The summed E-state index contributed by atoms with van der Waals surface area (Å²) < 4.78 is 27.0. The molecule has 1 atom stereocenters. The smallest absolute Gasteiger partial charge is 0.240 e. The average molecular weight is 353 g/mol. The first-order chi connectivity index (χ1) is 9.27. The van der Waals surface area contributed by atoms with Gasteiger partial charge in [-0.3, -0.25) is 0 Å². The van der Waals surface area contributed by atoms with Crippen LogP contribution in [0.2, 0.25) is 5.02 Å². The fourth-order valence-corrected chi connectivity index (χ4v) is 4.02. The summed E-state index contributed by atoms with van der Waals surface area (Å²) in [6, 6.07) is 4.19. The van der Waals surface area contributed by atoms with E-state index in [0.717, 1.165) is 12.2 Å². The molecule has 0 aromatic heterocycles. The summed E-state index contributed by atoms with van der Waals surface area (Å²) in [7, 11) is -3.58. The van der Waals surface area contributed by atoms with Crippen molar-refractivity contribution in [3.05, 3.63) is 28.8 Å². The fourth-order valence-electron chi connectivity index (χ4n) is 1.55. The van der Waals surface area contributed by atoms with Crippen molar-refractivity contribution in [2.24, 2.45) is 5.73 Å². The minimum absolute atomic E-state index is 0.110. The highest BCUT2D eigenvalue weighted by Gasteiger charge is 2.18. The SMILES string of the molecule is CSCCC(C)NS(=O)(=O)c1ccc(C(N)=S)c(Cl)c1. The molecule has 4 nitrogen and oxygen atoms in total. The van der Waals surface area contributed by atoms with Crippen molar-refractivity contribution in [2.75, 3.05) is 12.0 Å². The van der Waals surface area contributed by atoms with Crippen LogP contribution in [0.4, 0.5) is 0 Å². The van der Waals surface area contributed by atoms with Gasteiger partial charge in [0.15, 0.2) is 0 Å². The highest BCUT2D eigenvalue weighted by molar-refractivity contribution is 7.98. The molecule has 3 N–H and O–H groups in total. The number of nitrogens with two attached hydrogens (primary N) is 1. The number of rotatable bonds is 7. The van der Waals surface area contributed by atoms with Gasteiger partial charge in [0.2, 0.25) is 10.0 Å². The lowest BCUT2D eigenvalue weighted by molar-refractivity contribution is 0.557. The zero-order valence-corrected chi connectivity index (χ0v) is 14.4. The molecule has 0 spiro atoms. The maximum absolute atomic E-state index is 12.2. The van der Waals surface area contributed by atoms with Crippen LogP contribution in [0.3, 0.4) is 0 Å². The van der Waals surface area contributed by atoms with E-state index in [0.29, 0.717) is 5.56 Å². The first-order valence-electron chi connectivity index (χ1n) is 5.88. The Morgan fingerprint density at radius 1 is 1.55 bits per heavy atom. The zero-order chi connectivity index (χ0) is 15.3. The van der Waals surface area contributed by atoms with Crippen molar-refractivity contribution in [2.45, 2.75) is 24.3 Å². The summed E-state index contributed by atoms with van der Waals surface area (Å²) in [5, 5.41) is 0.233. The molecule has 1 aromatic carbocycles. The van der Waals surface area contributed by atoms with Crippen LogP contribution in [0.15, 0.2) is 23.1 Å². The summed E-state index contributed by atoms with van der Waals surface area (Å²) >= 11 is 12.5. The van der Waals surface area contributed by atoms with Crippen molar-refractivity contribution in [1.29, 1.82) is 0 Å². The van der Waals surface area contributed by atoms with E-state index >= 15 is 0 Å². The van der Waals surface area contributed by atoms with Crippen molar-refractivity contribution in [1.82, 2.24) is 4.72 Å². The second-order valence-corrected chi connectivity index (χ2v) is 7.86. The minimum atomic E-state index is -3.58. The lowest BCUT2D eigenvalue weighted by Gasteiger charge is -2.14. The van der Waals surface area contributed by atoms with E-state index in [-0.39, 0.29) is 20.9 Å². The van der Waals surface area contributed by atoms with Gasteiger partial charge in [-0.15, -0.1) is 0 Å². The van der Waals surface area contributed by atoms with Gasteiger partial charge >= 0.3 is 0 Å². The predicted octanol–water partition coefficient (Wildman–Crippen LogP) is 2.39. The van der Waals surface area contributed by atoms with E-state index in [1.807, 2.05) is 13.2 Å². The Hall–Kier alpha value is -0.340. The van der Waals surface area contributed by atoms with Gasteiger partial charge in [-0.25, -0.2) is 13.1 Å². The van der Waals surface area contributed by atoms with Crippen LogP contribution in [0.5, 0.6) is 0 Å². The van der Waals surface area contributed by atoms with Crippen LogP contribution in [0.1, 0.15) is 18.9 Å². The molecule has 0 aliphatic rings. The van der Waals surface area contributed by atoms with Crippen molar-refractivity contribution in [3.63, 3.8) is 0 Å².